The highest BCUT2D eigenvalue weighted by molar-refractivity contribution is 6.99. The number of aryl methyl sites for hydroxylation is 1. The molecule has 7 heteroatoms. The van der Waals surface area contributed by atoms with Crippen molar-refractivity contribution >= 4 is 23.3 Å². The molecule has 0 amide bonds. The highest BCUT2D eigenvalue weighted by Crippen LogP contribution is 2.26. The Kier molecular flexibility index (Phi) is 2.99. The quantitative estimate of drug-likeness (QED) is 0.881. The van der Waals surface area contributed by atoms with Crippen LogP contribution < -0.4 is 5.32 Å². The molecule has 1 N–H and O–H groups in total. The first kappa shape index (κ1) is 10.5. The van der Waals surface area contributed by atoms with Crippen molar-refractivity contribution in [3.8, 4) is 0 Å². The van der Waals surface area contributed by atoms with E-state index in [2.05, 4.69) is 19.2 Å². The van der Waals surface area contributed by atoms with E-state index in [1.807, 2.05) is 14.1 Å². The van der Waals surface area contributed by atoms with E-state index in [1.165, 1.54) is 11.7 Å². The second-order valence-electron chi connectivity index (χ2n) is 3.06. The number of rotatable bonds is 3. The highest BCUT2D eigenvalue weighted by atomic mass is 35.5. The zero-order valence-electron chi connectivity index (χ0n) is 8.31. The topological polar surface area (TPSA) is 55.6 Å². The van der Waals surface area contributed by atoms with Crippen molar-refractivity contribution < 1.29 is 0 Å². The normalized spacial score (nSPS) is 13.0. The maximum absolute atomic E-state index is 6.07. The van der Waals surface area contributed by atoms with E-state index in [4.69, 9.17) is 11.6 Å². The Morgan fingerprint density at radius 3 is 2.80 bits per heavy atom. The van der Waals surface area contributed by atoms with E-state index in [0.717, 1.165) is 11.4 Å². The molecule has 0 fully saturated rings. The van der Waals surface area contributed by atoms with E-state index in [-0.39, 0.29) is 6.04 Å². The molecule has 2 rings (SSSR count). The fraction of sp³-hybridized carbons (Fsp3) is 0.375. The van der Waals surface area contributed by atoms with Gasteiger partial charge in [-0.2, -0.15) is 13.8 Å². The van der Waals surface area contributed by atoms with Crippen LogP contribution in [0.25, 0.3) is 0 Å². The largest absolute Gasteiger partial charge is 0.307 e. The van der Waals surface area contributed by atoms with Gasteiger partial charge in [-0.1, -0.05) is 11.6 Å². The van der Waals surface area contributed by atoms with Gasteiger partial charge < -0.3 is 5.32 Å². The molecular formula is C8H10ClN5S. The molecule has 0 aliphatic rings. The summed E-state index contributed by atoms with van der Waals surface area (Å²) in [5.41, 5.74) is 1.75. The fourth-order valence-corrected chi connectivity index (χ4v) is 2.19. The molecule has 0 spiro atoms. The SMILES string of the molecule is CNC(c1cnsn1)c1c(Cl)cnn1C. The minimum absolute atomic E-state index is 0.0660. The van der Waals surface area contributed by atoms with Crippen molar-refractivity contribution in [2.75, 3.05) is 7.05 Å². The van der Waals surface area contributed by atoms with E-state index in [0.29, 0.717) is 5.02 Å². The van der Waals surface area contributed by atoms with E-state index < -0.39 is 0 Å². The Labute approximate surface area is 96.4 Å². The Hall–Kier alpha value is -0.980. The van der Waals surface area contributed by atoms with Gasteiger partial charge in [-0.15, -0.1) is 0 Å². The number of hydrogen-bond donors (Lipinski definition) is 1. The molecule has 0 radical (unpaired) electrons. The van der Waals surface area contributed by atoms with Crippen molar-refractivity contribution in [3.05, 3.63) is 28.8 Å². The molecule has 80 valence electrons. The van der Waals surface area contributed by atoms with E-state index >= 15 is 0 Å². The van der Waals surface area contributed by atoms with Crippen molar-refractivity contribution in [3.63, 3.8) is 0 Å². The number of nitrogens with zero attached hydrogens (tertiary/aromatic N) is 4. The predicted octanol–water partition coefficient (Wildman–Crippen LogP) is 1.23. The van der Waals surface area contributed by atoms with Crippen LogP contribution in [-0.2, 0) is 7.05 Å². The van der Waals surface area contributed by atoms with Gasteiger partial charge in [0.25, 0.3) is 0 Å². The smallest absolute Gasteiger partial charge is 0.0974 e. The summed E-state index contributed by atoms with van der Waals surface area (Å²) >= 11 is 7.25. The maximum atomic E-state index is 6.07. The van der Waals surface area contributed by atoms with Crippen LogP contribution >= 0.6 is 23.3 Å². The first-order valence-electron chi connectivity index (χ1n) is 4.36. The molecule has 2 heterocycles. The Bertz CT molecular complexity index is 418. The first-order chi connectivity index (χ1) is 7.24. The molecule has 0 aliphatic carbocycles. The van der Waals surface area contributed by atoms with Gasteiger partial charge in [0.1, 0.15) is 0 Å². The van der Waals surface area contributed by atoms with Gasteiger partial charge in [0, 0.05) is 7.05 Å². The minimum atomic E-state index is -0.0660. The predicted molar refractivity (Wildman–Crippen MR) is 59.0 cm³/mol. The summed E-state index contributed by atoms with van der Waals surface area (Å²) in [5, 5.41) is 7.87. The van der Waals surface area contributed by atoms with Gasteiger partial charge in [-0.05, 0) is 7.05 Å². The summed E-state index contributed by atoms with van der Waals surface area (Å²) in [7, 11) is 3.71. The Morgan fingerprint density at radius 1 is 1.53 bits per heavy atom. The van der Waals surface area contributed by atoms with Gasteiger partial charge in [-0.25, -0.2) is 0 Å². The average molecular weight is 244 g/mol. The van der Waals surface area contributed by atoms with Crippen molar-refractivity contribution in [2.45, 2.75) is 6.04 Å². The van der Waals surface area contributed by atoms with Crippen molar-refractivity contribution in [2.24, 2.45) is 7.05 Å². The molecule has 0 saturated heterocycles. The Morgan fingerprint density at radius 2 is 2.33 bits per heavy atom. The number of hydrogen-bond acceptors (Lipinski definition) is 5. The summed E-state index contributed by atoms with van der Waals surface area (Å²) < 4.78 is 9.91. The summed E-state index contributed by atoms with van der Waals surface area (Å²) in [6.07, 6.45) is 3.36. The van der Waals surface area contributed by atoms with Crippen molar-refractivity contribution in [1.29, 1.82) is 0 Å². The van der Waals surface area contributed by atoms with Crippen LogP contribution in [0.2, 0.25) is 5.02 Å². The highest BCUT2D eigenvalue weighted by Gasteiger charge is 2.21. The zero-order chi connectivity index (χ0) is 10.8. The summed E-state index contributed by atoms with van der Waals surface area (Å²) in [4.78, 5) is 0. The molecule has 5 nitrogen and oxygen atoms in total. The van der Waals surface area contributed by atoms with Crippen LogP contribution in [0.3, 0.4) is 0 Å². The summed E-state index contributed by atoms with van der Waals surface area (Å²) in [6, 6.07) is -0.0660. The number of aromatic nitrogens is 4. The Balaban J connectivity index is 2.44. The van der Waals surface area contributed by atoms with Crippen LogP contribution in [0.4, 0.5) is 0 Å². The molecule has 0 saturated carbocycles. The summed E-state index contributed by atoms with van der Waals surface area (Å²) in [6.45, 7) is 0. The lowest BCUT2D eigenvalue weighted by Gasteiger charge is -2.14. The third-order valence-corrected chi connectivity index (χ3v) is 2.96. The summed E-state index contributed by atoms with van der Waals surface area (Å²) in [5.74, 6) is 0. The lowest BCUT2D eigenvalue weighted by atomic mass is 10.1. The zero-order valence-corrected chi connectivity index (χ0v) is 9.88. The van der Waals surface area contributed by atoms with Gasteiger partial charge >= 0.3 is 0 Å². The lowest BCUT2D eigenvalue weighted by molar-refractivity contribution is 0.598. The molecule has 0 aromatic carbocycles. The second kappa shape index (κ2) is 4.26. The fourth-order valence-electron chi connectivity index (χ4n) is 1.47. The van der Waals surface area contributed by atoms with Crippen LogP contribution in [0.15, 0.2) is 12.4 Å². The van der Waals surface area contributed by atoms with Gasteiger partial charge in [0.15, 0.2) is 0 Å². The van der Waals surface area contributed by atoms with Crippen LogP contribution in [-0.4, -0.2) is 25.6 Å². The maximum Gasteiger partial charge on any atom is 0.0974 e. The minimum Gasteiger partial charge on any atom is -0.307 e. The molecule has 1 unspecified atom stereocenters. The third-order valence-electron chi connectivity index (χ3n) is 2.17. The second-order valence-corrected chi connectivity index (χ2v) is 4.02. The number of halogens is 1. The standard InChI is InChI=1S/C8H10ClN5S/c1-10-7(6-4-12-15-13-6)8-5(9)3-11-14(8)2/h3-4,7,10H,1-2H3. The molecule has 2 aromatic heterocycles. The van der Waals surface area contributed by atoms with Crippen LogP contribution in [0, 0.1) is 0 Å². The molecular weight excluding hydrogens is 234 g/mol. The molecule has 1 atom stereocenters. The molecule has 15 heavy (non-hydrogen) atoms. The van der Waals surface area contributed by atoms with Crippen molar-refractivity contribution in [1.82, 2.24) is 23.8 Å². The molecule has 0 aliphatic heterocycles. The monoisotopic (exact) mass is 243 g/mol. The molecule has 0 bridgehead atoms. The number of nitrogens with one attached hydrogen (secondary N) is 1. The van der Waals surface area contributed by atoms with Gasteiger partial charge in [0.2, 0.25) is 0 Å². The molecule has 2 aromatic rings. The van der Waals surface area contributed by atoms with E-state index in [9.17, 15) is 0 Å². The van der Waals surface area contributed by atoms with Gasteiger partial charge in [0.05, 0.1) is 46.6 Å². The average Bonchev–Trinajstić information content (AvgIpc) is 2.83. The lowest BCUT2D eigenvalue weighted by Crippen LogP contribution is -2.21. The van der Waals surface area contributed by atoms with Gasteiger partial charge in [-0.3, -0.25) is 4.68 Å². The first-order valence-corrected chi connectivity index (χ1v) is 5.47. The van der Waals surface area contributed by atoms with Crippen LogP contribution in [0.5, 0.6) is 0 Å². The van der Waals surface area contributed by atoms with Crippen LogP contribution in [0.1, 0.15) is 17.4 Å². The van der Waals surface area contributed by atoms with E-state index in [1.54, 1.807) is 17.1 Å². The third kappa shape index (κ3) is 1.88.